The van der Waals surface area contributed by atoms with Gasteiger partial charge in [0.25, 0.3) is 0 Å². The van der Waals surface area contributed by atoms with Gasteiger partial charge in [0.05, 0.1) is 17.2 Å². The fraction of sp³-hybridized carbons (Fsp3) is 0.750. The topological polar surface area (TPSA) is 78.9 Å². The monoisotopic (exact) mass is 537 g/mol. The van der Waals surface area contributed by atoms with Gasteiger partial charge in [-0.25, -0.2) is 14.8 Å². The van der Waals surface area contributed by atoms with Gasteiger partial charge in [-0.05, 0) is 60.3 Å². The number of halogens is 1. The second kappa shape index (κ2) is 11.9. The molecule has 1 aliphatic heterocycles. The molecule has 2 heterocycles. The number of amides is 1. The third kappa shape index (κ3) is 9.06. The molecular formula is C20H36IN5O2S. The first-order valence-electron chi connectivity index (χ1n) is 10.1. The molecule has 1 fully saturated rings. The van der Waals surface area contributed by atoms with E-state index in [2.05, 4.69) is 22.5 Å². The average molecular weight is 538 g/mol. The van der Waals surface area contributed by atoms with Crippen molar-refractivity contribution in [3.63, 3.8) is 0 Å². The Balaban J connectivity index is 0.00000420. The number of carbonyl (C=O) groups excluding carboxylic acids is 1. The predicted molar refractivity (Wildman–Crippen MR) is 130 cm³/mol. The molecule has 0 bridgehead atoms. The summed E-state index contributed by atoms with van der Waals surface area (Å²) in [6.07, 6.45) is 1.74. The van der Waals surface area contributed by atoms with E-state index in [0.29, 0.717) is 12.5 Å². The molecular weight excluding hydrogens is 501 g/mol. The second-order valence-electron chi connectivity index (χ2n) is 8.23. The summed E-state index contributed by atoms with van der Waals surface area (Å²) in [5, 5.41) is 7.85. The van der Waals surface area contributed by atoms with Crippen LogP contribution in [0.15, 0.2) is 4.99 Å². The Morgan fingerprint density at radius 3 is 2.45 bits per heavy atom. The Bertz CT molecular complexity index is 679. The smallest absolute Gasteiger partial charge is 0.410 e. The molecule has 0 atom stereocenters. The van der Waals surface area contributed by atoms with Gasteiger partial charge >= 0.3 is 6.09 Å². The molecule has 0 radical (unpaired) electrons. The lowest BCUT2D eigenvalue weighted by molar-refractivity contribution is 0.0185. The first-order valence-corrected chi connectivity index (χ1v) is 10.9. The van der Waals surface area contributed by atoms with E-state index in [1.165, 1.54) is 4.88 Å². The van der Waals surface area contributed by atoms with Crippen LogP contribution in [-0.2, 0) is 11.3 Å². The first kappa shape index (κ1) is 25.9. The number of hydrogen-bond acceptors (Lipinski definition) is 5. The van der Waals surface area contributed by atoms with Crippen LogP contribution in [0.3, 0.4) is 0 Å². The molecule has 0 spiro atoms. The minimum atomic E-state index is -0.443. The minimum absolute atomic E-state index is 0. The van der Waals surface area contributed by atoms with E-state index >= 15 is 0 Å². The van der Waals surface area contributed by atoms with Crippen LogP contribution in [0.5, 0.6) is 0 Å². The fourth-order valence-electron chi connectivity index (χ4n) is 3.10. The number of aryl methyl sites for hydroxylation is 2. The summed E-state index contributed by atoms with van der Waals surface area (Å²) in [5.41, 5.74) is 0.624. The van der Waals surface area contributed by atoms with Crippen LogP contribution in [0.2, 0.25) is 0 Å². The van der Waals surface area contributed by atoms with E-state index < -0.39 is 5.60 Å². The zero-order valence-corrected chi connectivity index (χ0v) is 21.6. The number of aromatic nitrogens is 1. The maximum absolute atomic E-state index is 12.2. The van der Waals surface area contributed by atoms with Gasteiger partial charge in [0, 0.05) is 31.1 Å². The fourth-order valence-corrected chi connectivity index (χ4v) is 3.96. The first-order chi connectivity index (χ1) is 13.2. The number of guanidine groups is 1. The highest BCUT2D eigenvalue weighted by molar-refractivity contribution is 14.0. The number of hydrogen-bond donors (Lipinski definition) is 2. The van der Waals surface area contributed by atoms with Gasteiger partial charge in [0.15, 0.2) is 5.96 Å². The Labute approximate surface area is 196 Å². The molecule has 2 rings (SSSR count). The van der Waals surface area contributed by atoms with Crippen LogP contribution in [-0.4, -0.2) is 53.7 Å². The van der Waals surface area contributed by atoms with Gasteiger partial charge in [-0.1, -0.05) is 0 Å². The van der Waals surface area contributed by atoms with Crippen LogP contribution in [0, 0.1) is 19.8 Å². The van der Waals surface area contributed by atoms with Crippen LogP contribution in [0.1, 0.15) is 56.1 Å². The van der Waals surface area contributed by atoms with Crippen LogP contribution in [0.25, 0.3) is 0 Å². The average Bonchev–Trinajstić information content (AvgIpc) is 2.93. The lowest BCUT2D eigenvalue weighted by atomic mass is 9.97. The zero-order chi connectivity index (χ0) is 20.7. The molecule has 1 aliphatic rings. The lowest BCUT2D eigenvalue weighted by Gasteiger charge is -2.33. The lowest BCUT2D eigenvalue weighted by Crippen LogP contribution is -2.45. The quantitative estimate of drug-likeness (QED) is 0.336. The van der Waals surface area contributed by atoms with Crippen LogP contribution in [0.4, 0.5) is 4.79 Å². The molecule has 9 heteroatoms. The van der Waals surface area contributed by atoms with Crippen molar-refractivity contribution in [1.29, 1.82) is 0 Å². The molecule has 1 aromatic rings. The van der Waals surface area contributed by atoms with Gasteiger partial charge in [0.1, 0.15) is 5.60 Å². The summed E-state index contributed by atoms with van der Waals surface area (Å²) in [7, 11) is 0. The molecule has 0 saturated carbocycles. The van der Waals surface area contributed by atoms with E-state index in [-0.39, 0.29) is 30.1 Å². The number of aliphatic imine (C=N–C) groups is 1. The number of thiazole rings is 1. The third-order valence-corrected chi connectivity index (χ3v) is 5.61. The van der Waals surface area contributed by atoms with E-state index in [1.807, 2.05) is 39.5 Å². The number of carbonyl (C=O) groups is 1. The van der Waals surface area contributed by atoms with Crippen molar-refractivity contribution >= 4 is 47.4 Å². The number of nitrogens with one attached hydrogen (secondary N) is 2. The molecule has 0 aromatic carbocycles. The summed E-state index contributed by atoms with van der Waals surface area (Å²) < 4.78 is 5.47. The molecule has 7 nitrogen and oxygen atoms in total. The molecule has 0 aliphatic carbocycles. The molecule has 1 amide bonds. The number of nitrogens with zero attached hydrogens (tertiary/aromatic N) is 3. The van der Waals surface area contributed by atoms with Crippen molar-refractivity contribution in [3.05, 3.63) is 15.6 Å². The van der Waals surface area contributed by atoms with E-state index in [0.717, 1.165) is 55.7 Å². The number of piperidine rings is 1. The summed E-state index contributed by atoms with van der Waals surface area (Å²) in [5.74, 6) is 1.36. The summed E-state index contributed by atoms with van der Waals surface area (Å²) in [6.45, 7) is 15.6. The Morgan fingerprint density at radius 1 is 1.28 bits per heavy atom. The Kier molecular flexibility index (Phi) is 10.7. The maximum atomic E-state index is 12.2. The number of likely N-dealkylation sites (tertiary alicyclic amines) is 1. The summed E-state index contributed by atoms with van der Waals surface area (Å²) in [6, 6.07) is 0. The van der Waals surface area contributed by atoms with Crippen molar-refractivity contribution in [2.45, 2.75) is 66.5 Å². The third-order valence-electron chi connectivity index (χ3n) is 4.55. The molecule has 29 heavy (non-hydrogen) atoms. The summed E-state index contributed by atoms with van der Waals surface area (Å²) in [4.78, 5) is 24.4. The number of rotatable bonds is 5. The summed E-state index contributed by atoms with van der Waals surface area (Å²) >= 11 is 1.70. The van der Waals surface area contributed by atoms with Crippen molar-refractivity contribution < 1.29 is 9.53 Å². The van der Waals surface area contributed by atoms with E-state index in [9.17, 15) is 4.79 Å². The predicted octanol–water partition coefficient (Wildman–Crippen LogP) is 4.08. The van der Waals surface area contributed by atoms with Gasteiger partial charge in [0.2, 0.25) is 0 Å². The highest BCUT2D eigenvalue weighted by Gasteiger charge is 2.26. The molecule has 2 N–H and O–H groups in total. The van der Waals surface area contributed by atoms with Crippen molar-refractivity contribution in [1.82, 2.24) is 20.5 Å². The van der Waals surface area contributed by atoms with E-state index in [4.69, 9.17) is 9.73 Å². The van der Waals surface area contributed by atoms with Crippen molar-refractivity contribution in [3.8, 4) is 0 Å². The maximum Gasteiger partial charge on any atom is 0.410 e. The highest BCUT2D eigenvalue weighted by Crippen LogP contribution is 2.20. The molecule has 0 unspecified atom stereocenters. The van der Waals surface area contributed by atoms with Crippen molar-refractivity contribution in [2.24, 2.45) is 10.9 Å². The van der Waals surface area contributed by atoms with Gasteiger partial charge in [-0.3, -0.25) is 0 Å². The second-order valence-corrected chi connectivity index (χ2v) is 9.52. The van der Waals surface area contributed by atoms with Crippen LogP contribution < -0.4 is 10.6 Å². The Morgan fingerprint density at radius 2 is 1.93 bits per heavy atom. The highest BCUT2D eigenvalue weighted by atomic mass is 127. The molecule has 1 aromatic heterocycles. The molecule has 1 saturated heterocycles. The van der Waals surface area contributed by atoms with E-state index in [1.54, 1.807) is 11.3 Å². The van der Waals surface area contributed by atoms with Gasteiger partial charge in [-0.15, -0.1) is 35.3 Å². The largest absolute Gasteiger partial charge is 0.444 e. The number of ether oxygens (including phenoxy) is 1. The van der Waals surface area contributed by atoms with Crippen molar-refractivity contribution in [2.75, 3.05) is 26.2 Å². The Hall–Kier alpha value is -1.10. The van der Waals surface area contributed by atoms with Gasteiger partial charge < -0.3 is 20.3 Å². The normalized spacial score (nSPS) is 15.7. The molecule has 166 valence electrons. The minimum Gasteiger partial charge on any atom is -0.444 e. The van der Waals surface area contributed by atoms with Crippen LogP contribution >= 0.6 is 35.3 Å². The SMILES string of the molecule is CCNC(=NCc1sc(C)nc1C)NCC1CCN(C(=O)OC(C)(C)C)CC1.I. The van der Waals surface area contributed by atoms with Gasteiger partial charge in [-0.2, -0.15) is 0 Å². The standard InChI is InChI=1S/C20H35N5O2S.HI/c1-7-21-18(23-13-17-14(2)24-15(3)28-17)22-12-16-8-10-25(11-9-16)19(26)27-20(4,5)6;/h16H,7-13H2,1-6H3,(H2,21,22,23);1H. The zero-order valence-electron chi connectivity index (χ0n) is 18.5.